The van der Waals surface area contributed by atoms with Crippen LogP contribution in [-0.2, 0) is 0 Å². The molecule has 1 aliphatic rings. The summed E-state index contributed by atoms with van der Waals surface area (Å²) in [6.45, 7) is 1.12. The summed E-state index contributed by atoms with van der Waals surface area (Å²) in [6.07, 6.45) is -0.529. The van der Waals surface area contributed by atoms with Crippen LogP contribution in [-0.4, -0.2) is 50.1 Å². The first-order valence-corrected chi connectivity index (χ1v) is 8.33. The monoisotopic (exact) mass is 423 g/mol. The van der Waals surface area contributed by atoms with E-state index in [1.165, 1.54) is 0 Å². The van der Waals surface area contributed by atoms with Crippen molar-refractivity contribution in [3.05, 3.63) is 27.8 Å². The molecule has 1 N–H and O–H groups in total. The lowest BCUT2D eigenvalue weighted by Gasteiger charge is -2.34. The first-order chi connectivity index (χ1) is 10.6. The number of likely N-dealkylation sites (tertiary alicyclic amines) is 1. The maximum absolute atomic E-state index is 12.3. The molecule has 122 valence electrons. The molecular weight excluding hydrogens is 403 g/mol. The van der Waals surface area contributed by atoms with Gasteiger partial charge in [-0.3, -0.25) is 4.99 Å². The van der Waals surface area contributed by atoms with Crippen molar-refractivity contribution < 1.29 is 13.5 Å². The Morgan fingerprint density at radius 2 is 2.09 bits per heavy atom. The Labute approximate surface area is 143 Å². The molecule has 0 radical (unpaired) electrons. The summed E-state index contributed by atoms with van der Waals surface area (Å²) in [4.78, 5) is 6.06. The molecule has 22 heavy (non-hydrogen) atoms. The smallest absolute Gasteiger partial charge is 0.255 e. The van der Waals surface area contributed by atoms with Crippen LogP contribution in [0.15, 0.2) is 29.3 Å². The topological polar surface area (TPSA) is 36.9 Å². The standard InChI is InChI=1S/C15H20F2IN3O/c1-19-15(20-10-14(16)17)21-8-6-11(7-9-21)22-13-5-3-2-4-12(13)18/h2-5,11,14H,6-10H2,1H3,(H,19,20). The second-order valence-corrected chi connectivity index (χ2v) is 6.22. The van der Waals surface area contributed by atoms with Crippen LogP contribution in [0.25, 0.3) is 0 Å². The second kappa shape index (κ2) is 8.50. The van der Waals surface area contributed by atoms with Gasteiger partial charge in [0, 0.05) is 33.0 Å². The zero-order chi connectivity index (χ0) is 15.9. The molecule has 0 aromatic heterocycles. The van der Waals surface area contributed by atoms with E-state index in [1.54, 1.807) is 7.05 Å². The number of nitrogens with zero attached hydrogens (tertiary/aromatic N) is 2. The minimum absolute atomic E-state index is 0.153. The highest BCUT2D eigenvalue weighted by Crippen LogP contribution is 2.24. The van der Waals surface area contributed by atoms with Crippen molar-refractivity contribution in [2.75, 3.05) is 26.7 Å². The third kappa shape index (κ3) is 4.96. The molecule has 1 fully saturated rings. The number of ether oxygens (including phenoxy) is 1. The fourth-order valence-corrected chi connectivity index (χ4v) is 2.92. The molecule has 0 atom stereocenters. The molecule has 1 heterocycles. The summed E-state index contributed by atoms with van der Waals surface area (Å²) in [5, 5.41) is 2.70. The molecule has 1 aliphatic heterocycles. The fourth-order valence-electron chi connectivity index (χ4n) is 2.41. The molecule has 1 aromatic carbocycles. The molecule has 4 nitrogen and oxygen atoms in total. The number of guanidine groups is 1. The summed E-state index contributed by atoms with van der Waals surface area (Å²) < 4.78 is 31.7. The van der Waals surface area contributed by atoms with E-state index in [9.17, 15) is 8.78 Å². The first-order valence-electron chi connectivity index (χ1n) is 7.25. The Bertz CT molecular complexity index is 505. The second-order valence-electron chi connectivity index (χ2n) is 5.05. The van der Waals surface area contributed by atoms with Gasteiger partial charge in [0.25, 0.3) is 6.43 Å². The Morgan fingerprint density at radius 1 is 1.41 bits per heavy atom. The number of piperidine rings is 1. The average Bonchev–Trinajstić information content (AvgIpc) is 2.51. The zero-order valence-electron chi connectivity index (χ0n) is 12.4. The van der Waals surface area contributed by atoms with E-state index < -0.39 is 6.43 Å². The van der Waals surface area contributed by atoms with Gasteiger partial charge in [-0.05, 0) is 34.7 Å². The van der Waals surface area contributed by atoms with Crippen molar-refractivity contribution in [2.24, 2.45) is 4.99 Å². The molecule has 0 unspecified atom stereocenters. The molecular formula is C15H20F2IN3O. The molecule has 0 spiro atoms. The summed E-state index contributed by atoms with van der Waals surface area (Å²) in [5.41, 5.74) is 0. The lowest BCUT2D eigenvalue weighted by atomic mass is 10.1. The van der Waals surface area contributed by atoms with Crippen LogP contribution in [0.3, 0.4) is 0 Å². The van der Waals surface area contributed by atoms with Crippen LogP contribution < -0.4 is 10.1 Å². The van der Waals surface area contributed by atoms with Crippen molar-refractivity contribution in [3.63, 3.8) is 0 Å². The van der Waals surface area contributed by atoms with Crippen LogP contribution >= 0.6 is 22.6 Å². The molecule has 1 saturated heterocycles. The summed E-state index contributed by atoms with van der Waals surface area (Å²) in [6, 6.07) is 7.93. The zero-order valence-corrected chi connectivity index (χ0v) is 14.6. The van der Waals surface area contributed by atoms with Crippen molar-refractivity contribution in [1.82, 2.24) is 10.2 Å². The SMILES string of the molecule is CN=C(NCC(F)F)N1CCC(Oc2ccccc2I)CC1. The van der Waals surface area contributed by atoms with E-state index >= 15 is 0 Å². The Kier molecular flexibility index (Phi) is 6.66. The van der Waals surface area contributed by atoms with Gasteiger partial charge in [0.15, 0.2) is 5.96 Å². The lowest BCUT2D eigenvalue weighted by Crippen LogP contribution is -2.48. The Morgan fingerprint density at radius 3 is 2.68 bits per heavy atom. The number of hydrogen-bond acceptors (Lipinski definition) is 2. The molecule has 0 saturated carbocycles. The molecule has 0 bridgehead atoms. The van der Waals surface area contributed by atoms with Gasteiger partial charge in [-0.25, -0.2) is 8.78 Å². The highest BCUT2D eigenvalue weighted by molar-refractivity contribution is 14.1. The number of benzene rings is 1. The highest BCUT2D eigenvalue weighted by atomic mass is 127. The largest absolute Gasteiger partial charge is 0.489 e. The number of nitrogens with one attached hydrogen (secondary N) is 1. The van der Waals surface area contributed by atoms with Crippen molar-refractivity contribution in [3.8, 4) is 5.75 Å². The number of hydrogen-bond donors (Lipinski definition) is 1. The third-order valence-corrected chi connectivity index (χ3v) is 4.39. The average molecular weight is 423 g/mol. The predicted octanol–water partition coefficient (Wildman–Crippen LogP) is 2.97. The van der Waals surface area contributed by atoms with Crippen molar-refractivity contribution in [2.45, 2.75) is 25.4 Å². The normalized spacial score (nSPS) is 17.0. The Balaban J connectivity index is 1.83. The molecule has 0 aliphatic carbocycles. The van der Waals surface area contributed by atoms with Gasteiger partial charge >= 0.3 is 0 Å². The van der Waals surface area contributed by atoms with E-state index in [0.717, 1.165) is 35.3 Å². The van der Waals surface area contributed by atoms with Crippen LogP contribution in [0.1, 0.15) is 12.8 Å². The van der Waals surface area contributed by atoms with E-state index in [0.29, 0.717) is 5.96 Å². The number of rotatable bonds is 4. The van der Waals surface area contributed by atoms with Gasteiger partial charge in [0.1, 0.15) is 11.9 Å². The maximum Gasteiger partial charge on any atom is 0.255 e. The molecule has 0 amide bonds. The van der Waals surface area contributed by atoms with Gasteiger partial charge in [0.2, 0.25) is 0 Å². The number of halogens is 3. The number of para-hydroxylation sites is 1. The highest BCUT2D eigenvalue weighted by Gasteiger charge is 2.23. The Hall–Kier alpha value is -1.12. The van der Waals surface area contributed by atoms with Crippen LogP contribution in [0, 0.1) is 3.57 Å². The van der Waals surface area contributed by atoms with E-state index in [1.807, 2.05) is 29.2 Å². The maximum atomic E-state index is 12.3. The van der Waals surface area contributed by atoms with E-state index in [-0.39, 0.29) is 12.6 Å². The van der Waals surface area contributed by atoms with Gasteiger partial charge in [-0.2, -0.15) is 0 Å². The minimum atomic E-state index is -2.38. The van der Waals surface area contributed by atoms with Crippen molar-refractivity contribution in [1.29, 1.82) is 0 Å². The minimum Gasteiger partial charge on any atom is -0.489 e. The molecule has 2 rings (SSSR count). The summed E-state index contributed by atoms with van der Waals surface area (Å²) in [5.74, 6) is 1.44. The fraction of sp³-hybridized carbons (Fsp3) is 0.533. The van der Waals surface area contributed by atoms with Crippen molar-refractivity contribution >= 4 is 28.6 Å². The van der Waals surface area contributed by atoms with Gasteiger partial charge < -0.3 is 15.0 Å². The van der Waals surface area contributed by atoms with Gasteiger partial charge in [0.05, 0.1) is 10.1 Å². The molecule has 7 heteroatoms. The van der Waals surface area contributed by atoms with Crippen LogP contribution in [0.4, 0.5) is 8.78 Å². The van der Waals surface area contributed by atoms with Crippen LogP contribution in [0.2, 0.25) is 0 Å². The number of aliphatic imine (C=N–C) groups is 1. The van der Waals surface area contributed by atoms with E-state index in [4.69, 9.17) is 4.74 Å². The summed E-state index contributed by atoms with van der Waals surface area (Å²) in [7, 11) is 1.61. The lowest BCUT2D eigenvalue weighted by molar-refractivity contribution is 0.125. The quantitative estimate of drug-likeness (QED) is 0.460. The van der Waals surface area contributed by atoms with E-state index in [2.05, 4.69) is 32.9 Å². The van der Waals surface area contributed by atoms with Gasteiger partial charge in [-0.1, -0.05) is 12.1 Å². The number of alkyl halides is 2. The van der Waals surface area contributed by atoms with Crippen LogP contribution in [0.5, 0.6) is 5.75 Å². The summed E-state index contributed by atoms with van der Waals surface area (Å²) >= 11 is 2.26. The predicted molar refractivity (Wildman–Crippen MR) is 91.7 cm³/mol. The first kappa shape index (κ1) is 17.2. The third-order valence-electron chi connectivity index (χ3n) is 3.50. The molecule has 1 aromatic rings. The van der Waals surface area contributed by atoms with Gasteiger partial charge in [-0.15, -0.1) is 0 Å².